The summed E-state index contributed by atoms with van der Waals surface area (Å²) in [5, 5.41) is 3.46. The van der Waals surface area contributed by atoms with Gasteiger partial charge in [0.25, 0.3) is 0 Å². The summed E-state index contributed by atoms with van der Waals surface area (Å²) < 4.78 is 36.2. The number of nitrogens with one attached hydrogen (secondary N) is 1. The predicted molar refractivity (Wildman–Crippen MR) is 133 cm³/mol. The molecule has 1 N–H and O–H groups in total. The van der Waals surface area contributed by atoms with E-state index in [4.69, 9.17) is 18.6 Å². The first-order valence-electron chi connectivity index (χ1n) is 11.7. The van der Waals surface area contributed by atoms with Crippen LogP contribution in [0.2, 0.25) is 0 Å². The topological polar surface area (TPSA) is 69.0 Å². The second kappa shape index (κ2) is 9.85. The number of furan rings is 1. The Hall–Kier alpha value is -4.14. The number of halogens is 1. The molecule has 4 heterocycles. The zero-order valence-corrected chi connectivity index (χ0v) is 19.4. The summed E-state index contributed by atoms with van der Waals surface area (Å²) in [6.45, 7) is 2.06. The number of aromatic nitrogens is 1. The van der Waals surface area contributed by atoms with Crippen LogP contribution in [-0.2, 0) is 22.6 Å². The Kier molecular flexibility index (Phi) is 6.11. The number of rotatable bonds is 7. The molecule has 36 heavy (non-hydrogen) atoms. The van der Waals surface area contributed by atoms with Gasteiger partial charge in [0, 0.05) is 35.3 Å². The Morgan fingerprint density at radius 2 is 1.89 bits per heavy atom. The van der Waals surface area contributed by atoms with Crippen LogP contribution in [0.4, 0.5) is 21.6 Å². The number of hydrogen-bond acceptors (Lipinski definition) is 7. The van der Waals surface area contributed by atoms with Crippen molar-refractivity contribution in [3.05, 3.63) is 108 Å². The second-order valence-corrected chi connectivity index (χ2v) is 8.52. The van der Waals surface area contributed by atoms with Gasteiger partial charge in [-0.05, 0) is 54.1 Å². The maximum absolute atomic E-state index is 13.4. The molecule has 182 valence electrons. The standard InChI is InChI=1S/C28H24FN3O4/c29-21-3-1-2-19(14-21)18-35-23-6-4-22(5-7-23)31-25-16-30-15-20-10-11-32(17-24(20)25)27-9-8-26(36-27)28-33-12-13-34-28/h1-11,14-16,28,31H,12-13,17-18H2. The van der Waals surface area contributed by atoms with Gasteiger partial charge in [0.05, 0.1) is 31.6 Å². The number of fused-ring (bicyclic) bond motifs is 1. The summed E-state index contributed by atoms with van der Waals surface area (Å²) in [5.41, 5.74) is 4.74. The highest BCUT2D eigenvalue weighted by molar-refractivity contribution is 5.72. The van der Waals surface area contributed by atoms with E-state index in [9.17, 15) is 4.39 Å². The molecule has 1 fully saturated rings. The molecule has 2 aliphatic rings. The summed E-state index contributed by atoms with van der Waals surface area (Å²) in [4.78, 5) is 6.43. The number of hydrogen-bond donors (Lipinski definition) is 1. The lowest BCUT2D eigenvalue weighted by Crippen LogP contribution is -2.19. The van der Waals surface area contributed by atoms with E-state index in [-0.39, 0.29) is 5.82 Å². The van der Waals surface area contributed by atoms with Crippen LogP contribution in [0, 0.1) is 5.82 Å². The molecule has 7 nitrogen and oxygen atoms in total. The van der Waals surface area contributed by atoms with Crippen molar-refractivity contribution < 1.29 is 23.0 Å². The van der Waals surface area contributed by atoms with E-state index in [1.165, 1.54) is 12.1 Å². The molecule has 0 atom stereocenters. The largest absolute Gasteiger partial charge is 0.489 e. The first-order valence-corrected chi connectivity index (χ1v) is 11.7. The van der Waals surface area contributed by atoms with E-state index in [1.807, 2.05) is 72.0 Å². The number of ether oxygens (including phenoxy) is 3. The summed E-state index contributed by atoms with van der Waals surface area (Å²) in [7, 11) is 0. The quantitative estimate of drug-likeness (QED) is 0.336. The van der Waals surface area contributed by atoms with Crippen LogP contribution in [0.25, 0.3) is 6.08 Å². The van der Waals surface area contributed by atoms with E-state index in [1.54, 1.807) is 6.07 Å². The highest BCUT2D eigenvalue weighted by Gasteiger charge is 2.24. The van der Waals surface area contributed by atoms with Crippen LogP contribution < -0.4 is 15.0 Å². The van der Waals surface area contributed by atoms with Crippen LogP contribution >= 0.6 is 0 Å². The fourth-order valence-corrected chi connectivity index (χ4v) is 4.21. The van der Waals surface area contributed by atoms with Gasteiger partial charge in [0.1, 0.15) is 18.2 Å². The van der Waals surface area contributed by atoms with Crippen LogP contribution in [0.1, 0.15) is 28.7 Å². The molecule has 6 rings (SSSR count). The molecular weight excluding hydrogens is 461 g/mol. The van der Waals surface area contributed by atoms with Gasteiger partial charge in [0.15, 0.2) is 11.6 Å². The molecule has 4 aromatic rings. The Morgan fingerprint density at radius 3 is 2.72 bits per heavy atom. The van der Waals surface area contributed by atoms with Crippen LogP contribution in [-0.4, -0.2) is 18.2 Å². The van der Waals surface area contributed by atoms with Crippen molar-refractivity contribution in [1.82, 2.24) is 4.98 Å². The number of benzene rings is 2. The average molecular weight is 486 g/mol. The normalized spacial score (nSPS) is 15.2. The SMILES string of the molecule is Fc1cccc(COc2ccc(Nc3cncc4c3CN(c3ccc(C5OCCO5)o3)C=C4)cc2)c1. The molecule has 0 amide bonds. The molecule has 0 saturated carbocycles. The fraction of sp³-hybridized carbons (Fsp3) is 0.179. The second-order valence-electron chi connectivity index (χ2n) is 8.52. The molecule has 0 radical (unpaired) electrons. The molecule has 0 spiro atoms. The Balaban J connectivity index is 1.14. The van der Waals surface area contributed by atoms with E-state index in [0.29, 0.717) is 43.8 Å². The van der Waals surface area contributed by atoms with Gasteiger partial charge in [-0.15, -0.1) is 0 Å². The number of pyridine rings is 1. The lowest BCUT2D eigenvalue weighted by molar-refractivity contribution is -0.0585. The third kappa shape index (κ3) is 4.82. The maximum Gasteiger partial charge on any atom is 0.217 e. The smallest absolute Gasteiger partial charge is 0.217 e. The minimum atomic E-state index is -0.443. The van der Waals surface area contributed by atoms with Crippen LogP contribution in [0.3, 0.4) is 0 Å². The zero-order valence-electron chi connectivity index (χ0n) is 19.4. The van der Waals surface area contributed by atoms with Crippen molar-refractivity contribution in [1.29, 1.82) is 0 Å². The maximum atomic E-state index is 13.4. The highest BCUT2D eigenvalue weighted by Crippen LogP contribution is 2.34. The molecule has 1 saturated heterocycles. The van der Waals surface area contributed by atoms with Crippen molar-refractivity contribution in [2.24, 2.45) is 0 Å². The van der Waals surface area contributed by atoms with Gasteiger partial charge >= 0.3 is 0 Å². The molecule has 2 aliphatic heterocycles. The van der Waals surface area contributed by atoms with E-state index < -0.39 is 6.29 Å². The third-order valence-corrected chi connectivity index (χ3v) is 6.03. The van der Waals surface area contributed by atoms with Gasteiger partial charge in [-0.25, -0.2) is 4.39 Å². The average Bonchev–Trinajstić information content (AvgIpc) is 3.61. The van der Waals surface area contributed by atoms with Crippen LogP contribution in [0.15, 0.2) is 83.7 Å². The Morgan fingerprint density at radius 1 is 1.03 bits per heavy atom. The molecule has 0 bridgehead atoms. The van der Waals surface area contributed by atoms with Gasteiger partial charge in [-0.2, -0.15) is 0 Å². The lowest BCUT2D eigenvalue weighted by Gasteiger charge is -2.25. The lowest BCUT2D eigenvalue weighted by atomic mass is 10.0. The van der Waals surface area contributed by atoms with Crippen molar-refractivity contribution >= 4 is 23.3 Å². The Bertz CT molecular complexity index is 1380. The number of nitrogens with zero attached hydrogens (tertiary/aromatic N) is 2. The minimum absolute atomic E-state index is 0.270. The van der Waals surface area contributed by atoms with Gasteiger partial charge in [0.2, 0.25) is 6.29 Å². The first-order chi connectivity index (χ1) is 17.7. The van der Waals surface area contributed by atoms with E-state index in [2.05, 4.69) is 10.3 Å². The Labute approximate surface area is 207 Å². The summed E-state index contributed by atoms with van der Waals surface area (Å²) in [6.07, 6.45) is 7.23. The zero-order chi connectivity index (χ0) is 24.3. The first kappa shape index (κ1) is 22.3. The molecule has 0 unspecified atom stereocenters. The fourth-order valence-electron chi connectivity index (χ4n) is 4.21. The third-order valence-electron chi connectivity index (χ3n) is 6.03. The summed E-state index contributed by atoms with van der Waals surface area (Å²) in [5.74, 6) is 1.81. The molecule has 2 aromatic heterocycles. The molecule has 0 aliphatic carbocycles. The summed E-state index contributed by atoms with van der Waals surface area (Å²) in [6, 6.07) is 17.9. The van der Waals surface area contributed by atoms with Crippen molar-refractivity contribution in [3.63, 3.8) is 0 Å². The van der Waals surface area contributed by atoms with Gasteiger partial charge in [-0.3, -0.25) is 4.98 Å². The van der Waals surface area contributed by atoms with E-state index >= 15 is 0 Å². The van der Waals surface area contributed by atoms with E-state index in [0.717, 1.165) is 28.1 Å². The van der Waals surface area contributed by atoms with Crippen molar-refractivity contribution in [3.8, 4) is 5.75 Å². The van der Waals surface area contributed by atoms with Crippen LogP contribution in [0.5, 0.6) is 5.75 Å². The van der Waals surface area contributed by atoms with Crippen molar-refractivity contribution in [2.75, 3.05) is 23.4 Å². The van der Waals surface area contributed by atoms with Gasteiger partial charge < -0.3 is 28.8 Å². The molecule has 2 aromatic carbocycles. The van der Waals surface area contributed by atoms with Gasteiger partial charge in [-0.1, -0.05) is 12.1 Å². The molecular formula is C28H24FN3O4. The monoisotopic (exact) mass is 485 g/mol. The predicted octanol–water partition coefficient (Wildman–Crippen LogP) is 6.17. The molecule has 8 heteroatoms. The number of anilines is 3. The minimum Gasteiger partial charge on any atom is -0.489 e. The highest BCUT2D eigenvalue weighted by atomic mass is 19.1. The van der Waals surface area contributed by atoms with Crippen molar-refractivity contribution in [2.45, 2.75) is 19.4 Å². The summed E-state index contributed by atoms with van der Waals surface area (Å²) >= 11 is 0.